The zero-order valence-electron chi connectivity index (χ0n) is 9.96. The van der Waals surface area contributed by atoms with Crippen LogP contribution >= 0.6 is 15.9 Å². The smallest absolute Gasteiger partial charge is 0.0413 e. The average molecular weight is 283 g/mol. The van der Waals surface area contributed by atoms with Crippen LogP contribution in [0.2, 0.25) is 0 Å². The van der Waals surface area contributed by atoms with Crippen LogP contribution in [0.5, 0.6) is 0 Å². The molecule has 0 saturated heterocycles. The van der Waals surface area contributed by atoms with Crippen LogP contribution in [0, 0.1) is 5.92 Å². The number of hydrogen-bond donors (Lipinski definition) is 1. The molecule has 0 aliphatic carbocycles. The molecule has 16 heavy (non-hydrogen) atoms. The Kier molecular flexibility index (Phi) is 3.87. The van der Waals surface area contributed by atoms with Crippen molar-refractivity contribution in [2.24, 2.45) is 5.92 Å². The predicted molar refractivity (Wildman–Crippen MR) is 72.9 cm³/mol. The topological polar surface area (TPSA) is 15.3 Å². The fraction of sp³-hybridized carbons (Fsp3) is 0.538. The molecule has 88 valence electrons. The summed E-state index contributed by atoms with van der Waals surface area (Å²) in [4.78, 5) is 2.49. The Balaban J connectivity index is 2.29. The van der Waals surface area contributed by atoms with Crippen molar-refractivity contribution in [2.75, 3.05) is 24.5 Å². The third-order valence-corrected chi connectivity index (χ3v) is 3.33. The van der Waals surface area contributed by atoms with Crippen LogP contribution in [-0.2, 0) is 6.54 Å². The van der Waals surface area contributed by atoms with E-state index in [9.17, 15) is 0 Å². The molecule has 0 radical (unpaired) electrons. The first-order chi connectivity index (χ1) is 7.66. The van der Waals surface area contributed by atoms with Crippen LogP contribution in [0.25, 0.3) is 0 Å². The average Bonchev–Trinajstić information content (AvgIpc) is 2.40. The highest BCUT2D eigenvalue weighted by atomic mass is 79.9. The van der Waals surface area contributed by atoms with Gasteiger partial charge in [-0.2, -0.15) is 0 Å². The summed E-state index contributed by atoms with van der Waals surface area (Å²) in [6, 6.07) is 6.59. The van der Waals surface area contributed by atoms with Crippen LogP contribution in [0.1, 0.15) is 19.4 Å². The molecular formula is C13H19BrN2. The molecule has 1 aliphatic rings. The van der Waals surface area contributed by atoms with E-state index in [0.717, 1.165) is 26.2 Å². The number of rotatable bonds is 2. The second-order valence-corrected chi connectivity index (χ2v) is 5.71. The van der Waals surface area contributed by atoms with Gasteiger partial charge in [0.1, 0.15) is 0 Å². The fourth-order valence-corrected chi connectivity index (χ4v) is 2.60. The summed E-state index contributed by atoms with van der Waals surface area (Å²) in [7, 11) is 0. The lowest BCUT2D eigenvalue weighted by molar-refractivity contribution is 0.601. The Morgan fingerprint density at radius 1 is 1.44 bits per heavy atom. The first kappa shape index (κ1) is 11.9. The van der Waals surface area contributed by atoms with Crippen molar-refractivity contribution in [2.45, 2.75) is 20.4 Å². The highest BCUT2D eigenvalue weighted by Gasteiger charge is 2.15. The van der Waals surface area contributed by atoms with Crippen molar-refractivity contribution < 1.29 is 0 Å². The van der Waals surface area contributed by atoms with Crippen molar-refractivity contribution in [1.29, 1.82) is 0 Å². The van der Waals surface area contributed by atoms with E-state index >= 15 is 0 Å². The van der Waals surface area contributed by atoms with Gasteiger partial charge in [-0.05, 0) is 29.7 Å². The molecule has 0 amide bonds. The summed E-state index contributed by atoms with van der Waals surface area (Å²) in [5, 5.41) is 3.47. The Labute approximate surface area is 106 Å². The van der Waals surface area contributed by atoms with Crippen molar-refractivity contribution >= 4 is 21.6 Å². The van der Waals surface area contributed by atoms with Gasteiger partial charge in [-0.1, -0.05) is 29.8 Å². The van der Waals surface area contributed by atoms with Gasteiger partial charge < -0.3 is 10.2 Å². The van der Waals surface area contributed by atoms with Crippen molar-refractivity contribution in [3.63, 3.8) is 0 Å². The highest BCUT2D eigenvalue weighted by Crippen LogP contribution is 2.26. The molecule has 0 fully saturated rings. The first-order valence-corrected chi connectivity index (χ1v) is 6.70. The molecular weight excluding hydrogens is 264 g/mol. The summed E-state index contributed by atoms with van der Waals surface area (Å²) in [6.45, 7) is 8.83. The minimum absolute atomic E-state index is 0.703. The normalized spacial score (nSPS) is 16.1. The Bertz CT molecular complexity index is 363. The van der Waals surface area contributed by atoms with Gasteiger partial charge >= 0.3 is 0 Å². The van der Waals surface area contributed by atoms with E-state index in [1.807, 2.05) is 0 Å². The van der Waals surface area contributed by atoms with E-state index in [1.165, 1.54) is 15.7 Å². The third kappa shape index (κ3) is 2.77. The fourth-order valence-electron chi connectivity index (χ4n) is 2.19. The van der Waals surface area contributed by atoms with E-state index in [4.69, 9.17) is 0 Å². The summed E-state index contributed by atoms with van der Waals surface area (Å²) < 4.78 is 1.17. The largest absolute Gasteiger partial charge is 0.370 e. The summed E-state index contributed by atoms with van der Waals surface area (Å²) in [5.41, 5.74) is 2.79. The number of nitrogens with one attached hydrogen (secondary N) is 1. The molecule has 0 bridgehead atoms. The van der Waals surface area contributed by atoms with Crippen LogP contribution in [0.4, 0.5) is 5.69 Å². The zero-order chi connectivity index (χ0) is 11.5. The molecule has 0 unspecified atom stereocenters. The Morgan fingerprint density at radius 2 is 2.25 bits per heavy atom. The van der Waals surface area contributed by atoms with Crippen molar-refractivity contribution in [1.82, 2.24) is 5.32 Å². The quantitative estimate of drug-likeness (QED) is 0.897. The van der Waals surface area contributed by atoms with Gasteiger partial charge in [0.15, 0.2) is 0 Å². The lowest BCUT2D eigenvalue weighted by Gasteiger charge is -2.26. The predicted octanol–water partition coefficient (Wildman–Crippen LogP) is 3.01. The van der Waals surface area contributed by atoms with E-state index in [2.05, 4.69) is 58.2 Å². The third-order valence-electron chi connectivity index (χ3n) is 2.84. The molecule has 1 heterocycles. The number of benzene rings is 1. The standard InChI is InChI=1S/C13H19BrN2/c1-10(2)9-16-6-5-15-8-11-7-12(14)3-4-13(11)16/h3-4,7,10,15H,5-6,8-9H2,1-2H3. The van der Waals surface area contributed by atoms with E-state index < -0.39 is 0 Å². The SMILES string of the molecule is CC(C)CN1CCNCc2cc(Br)ccc21. The van der Waals surface area contributed by atoms with Crippen molar-refractivity contribution in [3.05, 3.63) is 28.2 Å². The van der Waals surface area contributed by atoms with Gasteiger partial charge in [0.2, 0.25) is 0 Å². The Morgan fingerprint density at radius 3 is 3.00 bits per heavy atom. The summed E-state index contributed by atoms with van der Waals surface area (Å²) in [6.07, 6.45) is 0. The summed E-state index contributed by atoms with van der Waals surface area (Å²) >= 11 is 3.54. The molecule has 0 aromatic heterocycles. The number of halogens is 1. The van der Waals surface area contributed by atoms with E-state index in [-0.39, 0.29) is 0 Å². The Hall–Kier alpha value is -0.540. The van der Waals surface area contributed by atoms with Crippen LogP contribution < -0.4 is 10.2 Å². The summed E-state index contributed by atoms with van der Waals surface area (Å²) in [5.74, 6) is 0.703. The molecule has 1 aliphatic heterocycles. The van der Waals surface area contributed by atoms with Gasteiger partial charge in [-0.15, -0.1) is 0 Å². The van der Waals surface area contributed by atoms with E-state index in [0.29, 0.717) is 5.92 Å². The van der Waals surface area contributed by atoms with Gasteiger partial charge in [-0.25, -0.2) is 0 Å². The lowest BCUT2D eigenvalue weighted by atomic mass is 10.1. The van der Waals surface area contributed by atoms with Crippen LogP contribution in [0.3, 0.4) is 0 Å². The minimum atomic E-state index is 0.703. The molecule has 0 atom stereocenters. The molecule has 2 rings (SSSR count). The van der Waals surface area contributed by atoms with Gasteiger partial charge in [0, 0.05) is 36.3 Å². The maximum Gasteiger partial charge on any atom is 0.0413 e. The lowest BCUT2D eigenvalue weighted by Crippen LogP contribution is -2.31. The van der Waals surface area contributed by atoms with Gasteiger partial charge in [0.25, 0.3) is 0 Å². The highest BCUT2D eigenvalue weighted by molar-refractivity contribution is 9.10. The first-order valence-electron chi connectivity index (χ1n) is 5.91. The molecule has 2 nitrogen and oxygen atoms in total. The number of fused-ring (bicyclic) bond motifs is 1. The molecule has 3 heteroatoms. The molecule has 0 saturated carbocycles. The molecule has 0 spiro atoms. The number of hydrogen-bond acceptors (Lipinski definition) is 2. The number of nitrogens with zero attached hydrogens (tertiary/aromatic N) is 1. The monoisotopic (exact) mass is 282 g/mol. The maximum absolute atomic E-state index is 3.54. The second-order valence-electron chi connectivity index (χ2n) is 4.79. The minimum Gasteiger partial charge on any atom is -0.370 e. The van der Waals surface area contributed by atoms with Crippen molar-refractivity contribution in [3.8, 4) is 0 Å². The number of anilines is 1. The maximum atomic E-state index is 3.54. The van der Waals surface area contributed by atoms with Gasteiger partial charge in [-0.3, -0.25) is 0 Å². The molecule has 1 aromatic rings. The molecule has 1 aromatic carbocycles. The van der Waals surface area contributed by atoms with Gasteiger partial charge in [0.05, 0.1) is 0 Å². The zero-order valence-corrected chi connectivity index (χ0v) is 11.5. The molecule has 1 N–H and O–H groups in total. The van der Waals surface area contributed by atoms with E-state index in [1.54, 1.807) is 0 Å². The second kappa shape index (κ2) is 5.19. The van der Waals surface area contributed by atoms with Crippen LogP contribution in [0.15, 0.2) is 22.7 Å². The van der Waals surface area contributed by atoms with Crippen LogP contribution in [-0.4, -0.2) is 19.6 Å².